The minimum Gasteiger partial charge on any atom is -0.399 e. The normalized spacial score (nSPS) is 24.7. The molecule has 6 nitrogen and oxygen atoms in total. The highest BCUT2D eigenvalue weighted by atomic mass is 32.2. The fourth-order valence-corrected chi connectivity index (χ4v) is 4.09. The van der Waals surface area contributed by atoms with Gasteiger partial charge in [-0.25, -0.2) is 9.97 Å². The first-order valence-electron chi connectivity index (χ1n) is 9.24. The minimum atomic E-state index is -0.429. The van der Waals surface area contributed by atoms with Crippen molar-refractivity contribution >= 4 is 30.3 Å². The van der Waals surface area contributed by atoms with E-state index in [1.807, 2.05) is 32.6 Å². The van der Waals surface area contributed by atoms with Crippen LogP contribution in [-0.4, -0.2) is 57.9 Å². The maximum Gasteiger partial charge on any atom is 0.498 e. The summed E-state index contributed by atoms with van der Waals surface area (Å²) in [7, 11) is -0.429. The highest BCUT2D eigenvalue weighted by Gasteiger charge is 2.51. The number of hydrogen-bond donors (Lipinski definition) is 0. The first kappa shape index (κ1) is 19.6. The van der Waals surface area contributed by atoms with Gasteiger partial charge in [-0.15, -0.1) is 0 Å². The molecule has 1 aromatic rings. The third-order valence-corrected chi connectivity index (χ3v) is 6.69. The van der Waals surface area contributed by atoms with Crippen LogP contribution in [0.1, 0.15) is 47.5 Å². The Kier molecular flexibility index (Phi) is 5.65. The highest BCUT2D eigenvalue weighted by Crippen LogP contribution is 2.36. The van der Waals surface area contributed by atoms with Crippen LogP contribution in [0, 0.1) is 5.92 Å². The summed E-state index contributed by atoms with van der Waals surface area (Å²) in [5.41, 5.74) is 0.108. The number of hydrogen-bond acceptors (Lipinski definition) is 6. The Morgan fingerprint density at radius 2 is 1.88 bits per heavy atom. The summed E-state index contributed by atoms with van der Waals surface area (Å²) in [6.07, 6.45) is 5.82. The molecular formula is C18H28BN3O3S. The van der Waals surface area contributed by atoms with Crippen molar-refractivity contribution in [3.8, 4) is 0 Å². The van der Waals surface area contributed by atoms with Crippen molar-refractivity contribution in [3.63, 3.8) is 0 Å². The molecule has 0 saturated carbocycles. The lowest BCUT2D eigenvalue weighted by Crippen LogP contribution is -2.41. The first-order chi connectivity index (χ1) is 12.2. The SMILES string of the molecule is CC(=O)N1CCCC(CSc2ncc(B3OC(C)(C)C(C)(C)O3)cn2)C1. The van der Waals surface area contributed by atoms with Crippen LogP contribution in [0.5, 0.6) is 0 Å². The maximum absolute atomic E-state index is 11.5. The summed E-state index contributed by atoms with van der Waals surface area (Å²) in [6.45, 7) is 11.5. The van der Waals surface area contributed by atoms with E-state index in [2.05, 4.69) is 9.97 Å². The van der Waals surface area contributed by atoms with Crippen molar-refractivity contribution < 1.29 is 14.1 Å². The predicted molar refractivity (Wildman–Crippen MR) is 103 cm³/mol. The Balaban J connectivity index is 1.55. The quantitative estimate of drug-likeness (QED) is 0.455. The van der Waals surface area contributed by atoms with E-state index in [1.54, 1.807) is 31.1 Å². The minimum absolute atomic E-state index is 0.169. The number of thioether (sulfide) groups is 1. The molecule has 26 heavy (non-hydrogen) atoms. The van der Waals surface area contributed by atoms with E-state index >= 15 is 0 Å². The van der Waals surface area contributed by atoms with E-state index in [-0.39, 0.29) is 17.1 Å². The molecule has 2 fully saturated rings. The summed E-state index contributed by atoms with van der Waals surface area (Å²) in [4.78, 5) is 22.4. The molecule has 1 amide bonds. The van der Waals surface area contributed by atoms with Gasteiger partial charge in [-0.1, -0.05) is 11.8 Å². The standard InChI is InChI=1S/C18H28BN3O3S/c1-13(23)22-8-6-7-14(11-22)12-26-16-20-9-15(10-21-16)19-24-17(2,3)18(4,5)25-19/h9-10,14H,6-8,11-12H2,1-5H3. The van der Waals surface area contributed by atoms with Crippen molar-refractivity contribution in [2.24, 2.45) is 5.92 Å². The van der Waals surface area contributed by atoms with Crippen molar-refractivity contribution in [1.29, 1.82) is 0 Å². The number of nitrogens with zero attached hydrogens (tertiary/aromatic N) is 3. The van der Waals surface area contributed by atoms with Crippen LogP contribution in [0.3, 0.4) is 0 Å². The number of likely N-dealkylation sites (tertiary alicyclic amines) is 1. The van der Waals surface area contributed by atoms with Crippen LogP contribution in [0.25, 0.3) is 0 Å². The Morgan fingerprint density at radius 1 is 1.27 bits per heavy atom. The monoisotopic (exact) mass is 377 g/mol. The Bertz CT molecular complexity index is 638. The number of carbonyl (C=O) groups excluding carboxylic acids is 1. The zero-order valence-electron chi connectivity index (χ0n) is 16.3. The highest BCUT2D eigenvalue weighted by molar-refractivity contribution is 7.99. The molecule has 0 spiro atoms. The van der Waals surface area contributed by atoms with Crippen molar-refractivity contribution in [2.75, 3.05) is 18.8 Å². The smallest absolute Gasteiger partial charge is 0.399 e. The lowest BCUT2D eigenvalue weighted by Gasteiger charge is -2.32. The molecule has 3 rings (SSSR count). The van der Waals surface area contributed by atoms with Gasteiger partial charge in [0, 0.05) is 43.6 Å². The van der Waals surface area contributed by atoms with Gasteiger partial charge in [0.1, 0.15) is 0 Å². The van der Waals surface area contributed by atoms with E-state index < -0.39 is 7.12 Å². The topological polar surface area (TPSA) is 64.6 Å². The molecule has 1 atom stereocenters. The summed E-state index contributed by atoms with van der Waals surface area (Å²) in [5.74, 6) is 1.60. The second-order valence-corrected chi connectivity index (χ2v) is 9.16. The molecule has 142 valence electrons. The molecule has 0 aliphatic carbocycles. The Hall–Kier alpha value is -1.12. The van der Waals surface area contributed by atoms with Gasteiger partial charge in [-0.05, 0) is 46.5 Å². The van der Waals surface area contributed by atoms with Gasteiger partial charge in [0.15, 0.2) is 5.16 Å². The second-order valence-electron chi connectivity index (χ2n) is 8.17. The van der Waals surface area contributed by atoms with E-state index in [9.17, 15) is 4.79 Å². The molecule has 8 heteroatoms. The van der Waals surface area contributed by atoms with Gasteiger partial charge in [-0.2, -0.15) is 0 Å². The van der Waals surface area contributed by atoms with Crippen molar-refractivity contribution in [1.82, 2.24) is 14.9 Å². The largest absolute Gasteiger partial charge is 0.498 e. The molecule has 0 N–H and O–H groups in total. The van der Waals surface area contributed by atoms with Crippen molar-refractivity contribution in [2.45, 2.75) is 63.8 Å². The zero-order valence-corrected chi connectivity index (χ0v) is 17.1. The lowest BCUT2D eigenvalue weighted by molar-refractivity contribution is -0.130. The molecule has 0 bridgehead atoms. The Morgan fingerprint density at radius 3 is 2.46 bits per heavy atom. The van der Waals surface area contributed by atoms with Crippen LogP contribution < -0.4 is 5.46 Å². The maximum atomic E-state index is 11.5. The first-order valence-corrected chi connectivity index (χ1v) is 10.2. The van der Waals surface area contributed by atoms with Gasteiger partial charge < -0.3 is 14.2 Å². The van der Waals surface area contributed by atoms with E-state index in [1.165, 1.54) is 0 Å². The van der Waals surface area contributed by atoms with Gasteiger partial charge in [0.2, 0.25) is 5.91 Å². The molecule has 2 aliphatic rings. The number of rotatable bonds is 4. The molecule has 0 radical (unpaired) electrons. The summed E-state index contributed by atoms with van der Waals surface area (Å²) < 4.78 is 12.1. The second kappa shape index (κ2) is 7.48. The fourth-order valence-electron chi connectivity index (χ4n) is 3.18. The van der Waals surface area contributed by atoms with E-state index in [0.717, 1.165) is 42.3 Å². The summed E-state index contributed by atoms with van der Waals surface area (Å²) >= 11 is 1.65. The molecule has 1 unspecified atom stereocenters. The van der Waals surface area contributed by atoms with Gasteiger partial charge in [0.25, 0.3) is 0 Å². The van der Waals surface area contributed by atoms with Crippen LogP contribution in [0.4, 0.5) is 0 Å². The molecule has 1 aromatic heterocycles. The molecule has 2 saturated heterocycles. The number of aromatic nitrogens is 2. The number of piperidine rings is 1. The lowest BCUT2D eigenvalue weighted by atomic mass is 9.81. The average molecular weight is 377 g/mol. The zero-order chi connectivity index (χ0) is 18.9. The molecular weight excluding hydrogens is 349 g/mol. The predicted octanol–water partition coefficient (Wildman–Crippen LogP) is 2.13. The van der Waals surface area contributed by atoms with Gasteiger partial charge in [0.05, 0.1) is 11.2 Å². The van der Waals surface area contributed by atoms with Crippen LogP contribution >= 0.6 is 11.8 Å². The van der Waals surface area contributed by atoms with Crippen LogP contribution in [0.15, 0.2) is 17.6 Å². The third kappa shape index (κ3) is 4.23. The van der Waals surface area contributed by atoms with Crippen molar-refractivity contribution in [3.05, 3.63) is 12.4 Å². The average Bonchev–Trinajstić information content (AvgIpc) is 2.81. The molecule has 2 aliphatic heterocycles. The fraction of sp³-hybridized carbons (Fsp3) is 0.722. The summed E-state index contributed by atoms with van der Waals surface area (Å²) in [5, 5.41) is 0.755. The van der Waals surface area contributed by atoms with E-state index in [0.29, 0.717) is 5.92 Å². The summed E-state index contributed by atoms with van der Waals surface area (Å²) in [6, 6.07) is 0. The van der Waals surface area contributed by atoms with Crippen LogP contribution in [0.2, 0.25) is 0 Å². The van der Waals surface area contributed by atoms with E-state index in [4.69, 9.17) is 9.31 Å². The number of carbonyl (C=O) groups is 1. The Labute approximate surface area is 160 Å². The van der Waals surface area contributed by atoms with Crippen LogP contribution in [-0.2, 0) is 14.1 Å². The molecule has 3 heterocycles. The third-order valence-electron chi connectivity index (χ3n) is 5.59. The van der Waals surface area contributed by atoms with Gasteiger partial charge in [-0.3, -0.25) is 4.79 Å². The molecule has 0 aromatic carbocycles. The van der Waals surface area contributed by atoms with Gasteiger partial charge >= 0.3 is 7.12 Å². The number of amides is 1.